The van der Waals surface area contributed by atoms with Gasteiger partial charge in [-0.05, 0) is 62.9 Å². The average molecular weight is 564 g/mol. The summed E-state index contributed by atoms with van der Waals surface area (Å²) in [6, 6.07) is 20.8. The highest BCUT2D eigenvalue weighted by molar-refractivity contribution is 7.92. The molecule has 1 unspecified atom stereocenters. The van der Waals surface area contributed by atoms with Crippen LogP contribution in [0.2, 0.25) is 0 Å². The fourth-order valence-corrected chi connectivity index (χ4v) is 5.86. The first kappa shape index (κ1) is 30.9. The number of carbonyl (C=O) groups is 2. The minimum absolute atomic E-state index is 0.104. The minimum atomic E-state index is -4.09. The highest BCUT2D eigenvalue weighted by Crippen LogP contribution is 2.28. The van der Waals surface area contributed by atoms with E-state index in [1.54, 1.807) is 43.3 Å². The molecule has 0 saturated carbocycles. The number of benzene rings is 3. The van der Waals surface area contributed by atoms with Gasteiger partial charge in [0.1, 0.15) is 12.6 Å². The monoisotopic (exact) mass is 563 g/mol. The number of carbonyl (C=O) groups excluding carboxylic acids is 2. The summed E-state index contributed by atoms with van der Waals surface area (Å²) >= 11 is 0. The van der Waals surface area contributed by atoms with Crippen molar-refractivity contribution in [1.82, 2.24) is 10.2 Å². The number of nitrogens with zero attached hydrogens (tertiary/aromatic N) is 2. The maximum absolute atomic E-state index is 14.0. The maximum atomic E-state index is 14.0. The second-order valence-electron chi connectivity index (χ2n) is 10.1. The van der Waals surface area contributed by atoms with Crippen molar-refractivity contribution < 1.29 is 18.0 Å². The molecule has 0 aliphatic heterocycles. The Balaban J connectivity index is 2.03. The lowest BCUT2D eigenvalue weighted by atomic mass is 10.1. The zero-order valence-electron chi connectivity index (χ0n) is 24.2. The van der Waals surface area contributed by atoms with Gasteiger partial charge >= 0.3 is 0 Å². The Labute approximate surface area is 239 Å². The molecule has 3 aromatic carbocycles. The van der Waals surface area contributed by atoms with Gasteiger partial charge in [-0.2, -0.15) is 0 Å². The van der Waals surface area contributed by atoms with Crippen molar-refractivity contribution in [1.29, 1.82) is 0 Å². The van der Waals surface area contributed by atoms with Crippen molar-refractivity contribution >= 4 is 27.5 Å². The summed E-state index contributed by atoms with van der Waals surface area (Å²) in [5, 5.41) is 2.91. The molecule has 0 radical (unpaired) electrons. The fraction of sp³-hybridized carbons (Fsp3) is 0.375. The van der Waals surface area contributed by atoms with Crippen LogP contribution < -0.4 is 9.62 Å². The van der Waals surface area contributed by atoms with E-state index < -0.39 is 28.5 Å². The largest absolute Gasteiger partial charge is 0.354 e. The molecule has 1 N–H and O–H groups in total. The molecule has 0 saturated heterocycles. The number of para-hydroxylation sites is 1. The van der Waals surface area contributed by atoms with Gasteiger partial charge in [-0.1, -0.05) is 86.0 Å². The number of anilines is 1. The lowest BCUT2D eigenvalue weighted by Crippen LogP contribution is -2.51. The molecule has 0 aliphatic rings. The molecule has 0 bridgehead atoms. The number of unbranched alkanes of at least 4 members (excludes halogenated alkanes) is 1. The van der Waals surface area contributed by atoms with Crippen LogP contribution in [0, 0.1) is 13.8 Å². The Bertz CT molecular complexity index is 1390. The van der Waals surface area contributed by atoms with Crippen LogP contribution in [0.1, 0.15) is 55.9 Å². The van der Waals surface area contributed by atoms with Crippen LogP contribution in [0.25, 0.3) is 0 Å². The first-order chi connectivity index (χ1) is 19.1. The molecule has 2 amide bonds. The van der Waals surface area contributed by atoms with Crippen molar-refractivity contribution in [3.8, 4) is 0 Å². The second kappa shape index (κ2) is 14.1. The Kier molecular flexibility index (Phi) is 10.9. The zero-order chi connectivity index (χ0) is 29.3. The molecule has 0 aliphatic carbocycles. The molecule has 8 heteroatoms. The topological polar surface area (TPSA) is 86.8 Å². The molecule has 0 spiro atoms. The Morgan fingerprint density at radius 2 is 1.48 bits per heavy atom. The van der Waals surface area contributed by atoms with Gasteiger partial charge in [0.05, 0.1) is 10.6 Å². The zero-order valence-corrected chi connectivity index (χ0v) is 25.0. The van der Waals surface area contributed by atoms with Gasteiger partial charge in [0.25, 0.3) is 10.0 Å². The summed E-state index contributed by atoms with van der Waals surface area (Å²) in [6.45, 7) is 9.80. The van der Waals surface area contributed by atoms with Crippen LogP contribution in [0.3, 0.4) is 0 Å². The van der Waals surface area contributed by atoms with E-state index in [1.807, 2.05) is 64.1 Å². The van der Waals surface area contributed by atoms with Gasteiger partial charge in [0.2, 0.25) is 11.8 Å². The summed E-state index contributed by atoms with van der Waals surface area (Å²) < 4.78 is 29.2. The quantitative estimate of drug-likeness (QED) is 0.282. The molecule has 40 heavy (non-hydrogen) atoms. The normalized spacial score (nSPS) is 12.0. The Hall–Kier alpha value is -3.65. The summed E-state index contributed by atoms with van der Waals surface area (Å²) in [4.78, 5) is 28.7. The van der Waals surface area contributed by atoms with Gasteiger partial charge in [0, 0.05) is 13.1 Å². The van der Waals surface area contributed by atoms with E-state index in [2.05, 4.69) is 5.32 Å². The number of amides is 2. The van der Waals surface area contributed by atoms with Crippen LogP contribution in [0.4, 0.5) is 5.69 Å². The highest BCUT2D eigenvalue weighted by Gasteiger charge is 2.33. The third-order valence-electron chi connectivity index (χ3n) is 7.00. The van der Waals surface area contributed by atoms with Gasteiger partial charge in [0.15, 0.2) is 0 Å². The number of sulfonamides is 1. The predicted molar refractivity (Wildman–Crippen MR) is 161 cm³/mol. The lowest BCUT2D eigenvalue weighted by Gasteiger charge is -2.32. The first-order valence-corrected chi connectivity index (χ1v) is 15.3. The van der Waals surface area contributed by atoms with E-state index in [0.29, 0.717) is 18.7 Å². The molecular formula is C32H41N3O4S. The van der Waals surface area contributed by atoms with Crippen molar-refractivity contribution in [2.45, 2.75) is 71.4 Å². The molecule has 7 nitrogen and oxygen atoms in total. The van der Waals surface area contributed by atoms with Gasteiger partial charge in [-0.25, -0.2) is 8.42 Å². The average Bonchev–Trinajstić information content (AvgIpc) is 2.95. The molecule has 0 fully saturated rings. The maximum Gasteiger partial charge on any atom is 0.264 e. The fourth-order valence-electron chi connectivity index (χ4n) is 4.41. The molecule has 0 aromatic heterocycles. The van der Waals surface area contributed by atoms with Crippen molar-refractivity contribution in [2.75, 3.05) is 17.4 Å². The SMILES string of the molecule is CCCCNC(=O)C(C)N(Cc1ccc(C)cc1)C(=O)CN(c1ccccc1CC)S(=O)(=O)c1ccc(C)cc1. The number of hydrogen-bond acceptors (Lipinski definition) is 4. The molecule has 1 atom stereocenters. The third-order valence-corrected chi connectivity index (χ3v) is 8.77. The van der Waals surface area contributed by atoms with Crippen molar-refractivity contribution in [2.24, 2.45) is 0 Å². The summed E-state index contributed by atoms with van der Waals surface area (Å²) in [5.41, 5.74) is 4.13. The Morgan fingerprint density at radius 3 is 2.08 bits per heavy atom. The molecule has 3 aromatic rings. The van der Waals surface area contributed by atoms with E-state index in [-0.39, 0.29) is 17.3 Å². The molecular weight excluding hydrogens is 522 g/mol. The van der Waals surface area contributed by atoms with E-state index in [1.165, 1.54) is 9.21 Å². The first-order valence-electron chi connectivity index (χ1n) is 13.9. The number of hydrogen-bond donors (Lipinski definition) is 1. The number of nitrogens with one attached hydrogen (secondary N) is 1. The van der Waals surface area contributed by atoms with Crippen LogP contribution in [-0.2, 0) is 32.6 Å². The van der Waals surface area contributed by atoms with E-state index >= 15 is 0 Å². The highest BCUT2D eigenvalue weighted by atomic mass is 32.2. The lowest BCUT2D eigenvalue weighted by molar-refractivity contribution is -0.139. The second-order valence-corrected chi connectivity index (χ2v) is 12.0. The minimum Gasteiger partial charge on any atom is -0.354 e. The van der Waals surface area contributed by atoms with Gasteiger partial charge in [-0.3, -0.25) is 13.9 Å². The van der Waals surface area contributed by atoms with Gasteiger partial charge < -0.3 is 10.2 Å². The van der Waals surface area contributed by atoms with Crippen molar-refractivity contribution in [3.63, 3.8) is 0 Å². The summed E-state index contributed by atoms with van der Waals surface area (Å²) in [6.07, 6.45) is 2.36. The van der Waals surface area contributed by atoms with Gasteiger partial charge in [-0.15, -0.1) is 0 Å². The van der Waals surface area contributed by atoms with Crippen LogP contribution in [-0.4, -0.2) is 44.3 Å². The van der Waals surface area contributed by atoms with E-state index in [9.17, 15) is 18.0 Å². The molecule has 3 rings (SSSR count). The molecule has 0 heterocycles. The third kappa shape index (κ3) is 7.72. The standard InChI is InChI=1S/C32H41N3O4S/c1-6-8-21-33-32(37)26(5)34(22-27-17-13-24(3)14-18-27)31(36)23-35(30-12-10-9-11-28(30)7-2)40(38,39)29-19-15-25(4)16-20-29/h9-20,26H,6-8,21-23H2,1-5H3,(H,33,37). The molecule has 214 valence electrons. The summed E-state index contributed by atoms with van der Waals surface area (Å²) in [5.74, 6) is -0.726. The van der Waals surface area contributed by atoms with E-state index in [0.717, 1.165) is 35.1 Å². The Morgan fingerprint density at radius 1 is 0.875 bits per heavy atom. The predicted octanol–water partition coefficient (Wildman–Crippen LogP) is 5.39. The van der Waals surface area contributed by atoms with E-state index in [4.69, 9.17) is 0 Å². The smallest absolute Gasteiger partial charge is 0.264 e. The number of rotatable bonds is 13. The van der Waals surface area contributed by atoms with Crippen LogP contribution in [0.15, 0.2) is 77.7 Å². The summed E-state index contributed by atoms with van der Waals surface area (Å²) in [7, 11) is -4.09. The van der Waals surface area contributed by atoms with Crippen LogP contribution >= 0.6 is 0 Å². The van der Waals surface area contributed by atoms with Crippen LogP contribution in [0.5, 0.6) is 0 Å². The van der Waals surface area contributed by atoms with Crippen molar-refractivity contribution in [3.05, 3.63) is 95.1 Å². The number of aryl methyl sites for hydroxylation is 3.